The first-order valence-electron chi connectivity index (χ1n) is 5.09. The molecule has 0 amide bonds. The molecule has 17 heavy (non-hydrogen) atoms. The molecule has 1 atom stereocenters. The molecule has 3 aromatic rings. The molecular weight excluding hydrogens is 256 g/mol. The number of aromatic nitrogens is 1. The Morgan fingerprint density at radius 1 is 1.35 bits per heavy atom. The number of nitrogens with two attached hydrogens (primary N) is 1. The van der Waals surface area contributed by atoms with Crippen molar-refractivity contribution >= 4 is 34.0 Å². The first-order chi connectivity index (χ1) is 8.24. The second-order valence-electron chi connectivity index (χ2n) is 3.66. The molecule has 86 valence electrons. The maximum absolute atomic E-state index is 6.08. The maximum atomic E-state index is 6.08. The average molecular weight is 265 g/mol. The molecule has 1 aromatic carbocycles. The van der Waals surface area contributed by atoms with Crippen LogP contribution in [0.1, 0.15) is 16.8 Å². The van der Waals surface area contributed by atoms with Gasteiger partial charge in [-0.3, -0.25) is 0 Å². The quantitative estimate of drug-likeness (QED) is 0.770. The lowest BCUT2D eigenvalue weighted by atomic mass is 10.2. The van der Waals surface area contributed by atoms with E-state index >= 15 is 0 Å². The van der Waals surface area contributed by atoms with Crippen LogP contribution >= 0.6 is 22.9 Å². The van der Waals surface area contributed by atoms with Gasteiger partial charge in [-0.1, -0.05) is 17.7 Å². The Morgan fingerprint density at radius 2 is 2.24 bits per heavy atom. The third-order valence-corrected chi connectivity index (χ3v) is 3.67. The summed E-state index contributed by atoms with van der Waals surface area (Å²) in [6, 6.07) is 8.95. The zero-order valence-electron chi connectivity index (χ0n) is 8.76. The summed E-state index contributed by atoms with van der Waals surface area (Å²) in [4.78, 5) is 5.39. The van der Waals surface area contributed by atoms with Gasteiger partial charge in [0.1, 0.15) is 11.6 Å². The summed E-state index contributed by atoms with van der Waals surface area (Å²) in [6.45, 7) is 0. The first kappa shape index (κ1) is 10.8. The average Bonchev–Trinajstić information content (AvgIpc) is 2.96. The van der Waals surface area contributed by atoms with Crippen molar-refractivity contribution in [1.82, 2.24) is 4.98 Å². The van der Waals surface area contributed by atoms with Gasteiger partial charge in [-0.05, 0) is 29.6 Å². The third-order valence-electron chi connectivity index (χ3n) is 2.48. The fourth-order valence-corrected chi connectivity index (χ4v) is 2.53. The molecule has 0 spiro atoms. The number of halogens is 1. The molecule has 0 aliphatic rings. The summed E-state index contributed by atoms with van der Waals surface area (Å²) in [5, 5.41) is 2.62. The van der Waals surface area contributed by atoms with Gasteiger partial charge in [0, 0.05) is 9.90 Å². The van der Waals surface area contributed by atoms with Crippen molar-refractivity contribution < 1.29 is 4.42 Å². The van der Waals surface area contributed by atoms with Crippen LogP contribution in [0.3, 0.4) is 0 Å². The van der Waals surface area contributed by atoms with Gasteiger partial charge in [0.25, 0.3) is 0 Å². The Morgan fingerprint density at radius 3 is 3.00 bits per heavy atom. The molecule has 0 aliphatic carbocycles. The van der Waals surface area contributed by atoms with E-state index in [-0.39, 0.29) is 6.04 Å². The van der Waals surface area contributed by atoms with Crippen molar-refractivity contribution in [1.29, 1.82) is 0 Å². The van der Waals surface area contributed by atoms with E-state index in [0.717, 1.165) is 10.4 Å². The van der Waals surface area contributed by atoms with E-state index in [1.165, 1.54) is 0 Å². The Balaban J connectivity index is 2.06. The van der Waals surface area contributed by atoms with Gasteiger partial charge in [0.15, 0.2) is 5.58 Å². The van der Waals surface area contributed by atoms with Crippen LogP contribution in [-0.4, -0.2) is 4.98 Å². The number of oxazole rings is 1. The highest BCUT2D eigenvalue weighted by molar-refractivity contribution is 7.10. The Hall–Kier alpha value is -1.36. The Labute approximate surface area is 107 Å². The van der Waals surface area contributed by atoms with Crippen molar-refractivity contribution in [3.8, 4) is 0 Å². The van der Waals surface area contributed by atoms with Gasteiger partial charge in [0.2, 0.25) is 5.89 Å². The summed E-state index contributed by atoms with van der Waals surface area (Å²) in [7, 11) is 0. The van der Waals surface area contributed by atoms with E-state index in [4.69, 9.17) is 21.8 Å². The second kappa shape index (κ2) is 4.14. The predicted octanol–water partition coefficient (Wildman–Crippen LogP) is 3.59. The maximum Gasteiger partial charge on any atom is 0.217 e. The number of thiophene rings is 1. The lowest BCUT2D eigenvalue weighted by molar-refractivity contribution is 0.507. The molecule has 1 unspecified atom stereocenters. The fourth-order valence-electron chi connectivity index (χ4n) is 1.64. The molecule has 3 nitrogen and oxygen atoms in total. The van der Waals surface area contributed by atoms with Crippen LogP contribution < -0.4 is 5.73 Å². The molecule has 3 rings (SSSR count). The number of fused-ring (bicyclic) bond motifs is 1. The molecule has 2 aromatic heterocycles. The molecular formula is C12H9ClN2OS. The molecule has 0 bridgehead atoms. The third kappa shape index (κ3) is 1.95. The topological polar surface area (TPSA) is 52.0 Å². The molecule has 0 fully saturated rings. The highest BCUT2D eigenvalue weighted by atomic mass is 35.5. The lowest BCUT2D eigenvalue weighted by Crippen LogP contribution is -2.10. The molecule has 2 N–H and O–H groups in total. The van der Waals surface area contributed by atoms with Crippen LogP contribution in [-0.2, 0) is 0 Å². The van der Waals surface area contributed by atoms with Crippen LogP contribution in [0.25, 0.3) is 11.1 Å². The van der Waals surface area contributed by atoms with E-state index in [2.05, 4.69) is 4.98 Å². The number of benzene rings is 1. The Bertz CT molecular complexity index is 648. The summed E-state index contributed by atoms with van der Waals surface area (Å²) >= 11 is 7.48. The summed E-state index contributed by atoms with van der Waals surface area (Å²) < 4.78 is 5.62. The van der Waals surface area contributed by atoms with E-state index in [9.17, 15) is 0 Å². The van der Waals surface area contributed by atoms with Gasteiger partial charge >= 0.3 is 0 Å². The molecule has 2 heterocycles. The van der Waals surface area contributed by atoms with Crippen molar-refractivity contribution in [3.05, 3.63) is 51.5 Å². The van der Waals surface area contributed by atoms with E-state index in [1.54, 1.807) is 29.5 Å². The number of rotatable bonds is 2. The normalized spacial score (nSPS) is 13.1. The van der Waals surface area contributed by atoms with Crippen LogP contribution in [0.4, 0.5) is 0 Å². The lowest BCUT2D eigenvalue weighted by Gasteiger charge is -2.02. The monoisotopic (exact) mass is 264 g/mol. The van der Waals surface area contributed by atoms with E-state index in [1.807, 2.05) is 17.5 Å². The second-order valence-corrected chi connectivity index (χ2v) is 5.07. The van der Waals surface area contributed by atoms with Crippen molar-refractivity contribution in [2.24, 2.45) is 5.73 Å². The summed E-state index contributed by atoms with van der Waals surface area (Å²) in [5.74, 6) is 0.518. The smallest absolute Gasteiger partial charge is 0.217 e. The van der Waals surface area contributed by atoms with E-state index in [0.29, 0.717) is 16.5 Å². The zero-order valence-corrected chi connectivity index (χ0v) is 10.3. The van der Waals surface area contributed by atoms with Crippen molar-refractivity contribution in [2.75, 3.05) is 0 Å². The number of hydrogen-bond donors (Lipinski definition) is 1. The van der Waals surface area contributed by atoms with Gasteiger partial charge in [-0.15, -0.1) is 11.3 Å². The van der Waals surface area contributed by atoms with Crippen molar-refractivity contribution in [2.45, 2.75) is 6.04 Å². The summed E-state index contributed by atoms with van der Waals surface area (Å²) in [6.07, 6.45) is 0. The van der Waals surface area contributed by atoms with E-state index < -0.39 is 0 Å². The minimum atomic E-state index is -0.318. The molecule has 0 saturated heterocycles. The molecule has 0 saturated carbocycles. The fraction of sp³-hybridized carbons (Fsp3) is 0.0833. The largest absolute Gasteiger partial charge is 0.439 e. The molecule has 0 aliphatic heterocycles. The Kier molecular flexibility index (Phi) is 2.63. The van der Waals surface area contributed by atoms with Crippen LogP contribution in [0.15, 0.2) is 40.1 Å². The van der Waals surface area contributed by atoms with Crippen molar-refractivity contribution in [3.63, 3.8) is 0 Å². The van der Waals surface area contributed by atoms with Gasteiger partial charge in [0.05, 0.1) is 0 Å². The SMILES string of the molecule is NC(c1nc2cc(Cl)ccc2o1)c1cccs1. The minimum absolute atomic E-state index is 0.318. The highest BCUT2D eigenvalue weighted by Crippen LogP contribution is 2.27. The van der Waals surface area contributed by atoms with Crippen LogP contribution in [0.5, 0.6) is 0 Å². The molecule has 5 heteroatoms. The number of hydrogen-bond acceptors (Lipinski definition) is 4. The van der Waals surface area contributed by atoms with Crippen LogP contribution in [0, 0.1) is 0 Å². The van der Waals surface area contributed by atoms with Gasteiger partial charge in [-0.2, -0.15) is 0 Å². The van der Waals surface area contributed by atoms with Crippen LogP contribution in [0.2, 0.25) is 5.02 Å². The van der Waals surface area contributed by atoms with Gasteiger partial charge < -0.3 is 10.2 Å². The number of nitrogens with zero attached hydrogens (tertiary/aromatic N) is 1. The first-order valence-corrected chi connectivity index (χ1v) is 6.35. The highest BCUT2D eigenvalue weighted by Gasteiger charge is 2.16. The zero-order chi connectivity index (χ0) is 11.8. The summed E-state index contributed by atoms with van der Waals surface area (Å²) in [5.41, 5.74) is 7.52. The minimum Gasteiger partial charge on any atom is -0.439 e. The predicted molar refractivity (Wildman–Crippen MR) is 69.4 cm³/mol. The molecule has 0 radical (unpaired) electrons. The van der Waals surface area contributed by atoms with Gasteiger partial charge in [-0.25, -0.2) is 4.98 Å². The standard InChI is InChI=1S/C12H9ClN2OS/c13-7-3-4-9-8(6-7)15-12(16-9)11(14)10-2-1-5-17-10/h1-6,11H,14H2.